The standard InChI is InChI=1S/C11H18N2S/c1-7(2)6-10-13-11-8(12)4-3-5-9(11)14-10/h7-8H,3-6,12H2,1-2H3. The summed E-state index contributed by atoms with van der Waals surface area (Å²) in [4.78, 5) is 6.11. The maximum absolute atomic E-state index is 6.03. The molecule has 0 amide bonds. The van der Waals surface area contributed by atoms with Gasteiger partial charge < -0.3 is 5.73 Å². The molecule has 0 radical (unpaired) electrons. The Morgan fingerprint density at radius 1 is 1.57 bits per heavy atom. The highest BCUT2D eigenvalue weighted by Crippen LogP contribution is 2.32. The van der Waals surface area contributed by atoms with Crippen LogP contribution in [0, 0.1) is 5.92 Å². The number of rotatable bonds is 2. The molecular weight excluding hydrogens is 192 g/mol. The van der Waals surface area contributed by atoms with Gasteiger partial charge in [0.05, 0.1) is 10.7 Å². The monoisotopic (exact) mass is 210 g/mol. The van der Waals surface area contributed by atoms with Crippen LogP contribution in [0.5, 0.6) is 0 Å². The van der Waals surface area contributed by atoms with E-state index in [9.17, 15) is 0 Å². The Morgan fingerprint density at radius 2 is 2.36 bits per heavy atom. The van der Waals surface area contributed by atoms with Crippen molar-refractivity contribution in [1.29, 1.82) is 0 Å². The second-order valence-electron chi connectivity index (χ2n) is 4.51. The van der Waals surface area contributed by atoms with Gasteiger partial charge in [-0.05, 0) is 25.2 Å². The molecule has 78 valence electrons. The van der Waals surface area contributed by atoms with Gasteiger partial charge in [0.15, 0.2) is 0 Å². The van der Waals surface area contributed by atoms with E-state index in [1.165, 1.54) is 28.4 Å². The summed E-state index contributed by atoms with van der Waals surface area (Å²) in [6.45, 7) is 4.47. The molecule has 2 N–H and O–H groups in total. The topological polar surface area (TPSA) is 38.9 Å². The van der Waals surface area contributed by atoms with Crippen molar-refractivity contribution in [2.24, 2.45) is 11.7 Å². The third-order valence-corrected chi connectivity index (χ3v) is 3.78. The van der Waals surface area contributed by atoms with Crippen LogP contribution in [0.4, 0.5) is 0 Å². The zero-order valence-corrected chi connectivity index (χ0v) is 9.73. The average molecular weight is 210 g/mol. The van der Waals surface area contributed by atoms with Gasteiger partial charge >= 0.3 is 0 Å². The molecule has 0 aromatic carbocycles. The third-order valence-electron chi connectivity index (χ3n) is 2.62. The Morgan fingerprint density at radius 3 is 3.00 bits per heavy atom. The molecule has 1 aliphatic carbocycles. The summed E-state index contributed by atoms with van der Waals surface area (Å²) >= 11 is 1.88. The fraction of sp³-hybridized carbons (Fsp3) is 0.727. The first-order valence-electron chi connectivity index (χ1n) is 5.41. The van der Waals surface area contributed by atoms with E-state index in [2.05, 4.69) is 18.8 Å². The van der Waals surface area contributed by atoms with Crippen LogP contribution in [0.1, 0.15) is 48.3 Å². The highest BCUT2D eigenvalue weighted by molar-refractivity contribution is 7.11. The molecule has 14 heavy (non-hydrogen) atoms. The maximum atomic E-state index is 6.03. The summed E-state index contributed by atoms with van der Waals surface area (Å²) in [5.41, 5.74) is 7.23. The predicted octanol–water partition coefficient (Wildman–Crippen LogP) is 2.68. The number of thiazole rings is 1. The van der Waals surface area contributed by atoms with Crippen molar-refractivity contribution in [2.75, 3.05) is 0 Å². The van der Waals surface area contributed by atoms with E-state index in [0.717, 1.165) is 12.8 Å². The fourth-order valence-corrected chi connectivity index (χ4v) is 3.33. The summed E-state index contributed by atoms with van der Waals surface area (Å²) in [7, 11) is 0. The smallest absolute Gasteiger partial charge is 0.0934 e. The Bertz CT molecular complexity index is 317. The van der Waals surface area contributed by atoms with Crippen LogP contribution < -0.4 is 5.73 Å². The van der Waals surface area contributed by atoms with E-state index >= 15 is 0 Å². The molecule has 1 aromatic rings. The van der Waals surface area contributed by atoms with E-state index in [4.69, 9.17) is 5.73 Å². The third kappa shape index (κ3) is 1.98. The zero-order valence-electron chi connectivity index (χ0n) is 8.92. The van der Waals surface area contributed by atoms with Crippen molar-refractivity contribution in [3.63, 3.8) is 0 Å². The van der Waals surface area contributed by atoms with Gasteiger partial charge in [-0.1, -0.05) is 13.8 Å². The number of nitrogens with zero attached hydrogens (tertiary/aromatic N) is 1. The molecule has 0 aliphatic heterocycles. The maximum Gasteiger partial charge on any atom is 0.0934 e. The number of hydrogen-bond acceptors (Lipinski definition) is 3. The first-order valence-corrected chi connectivity index (χ1v) is 6.22. The van der Waals surface area contributed by atoms with Gasteiger partial charge in [0, 0.05) is 17.3 Å². The van der Waals surface area contributed by atoms with E-state index < -0.39 is 0 Å². The van der Waals surface area contributed by atoms with Gasteiger partial charge in [-0.3, -0.25) is 0 Å². The number of aryl methyl sites for hydroxylation is 1. The Balaban J connectivity index is 2.21. The van der Waals surface area contributed by atoms with Crippen LogP contribution in [0.25, 0.3) is 0 Å². The van der Waals surface area contributed by atoms with Gasteiger partial charge in [0.2, 0.25) is 0 Å². The second-order valence-corrected chi connectivity index (χ2v) is 5.68. The Kier molecular flexibility index (Phi) is 2.88. The average Bonchev–Trinajstić information content (AvgIpc) is 2.47. The molecule has 3 heteroatoms. The van der Waals surface area contributed by atoms with E-state index in [0.29, 0.717) is 5.92 Å². The van der Waals surface area contributed by atoms with E-state index in [-0.39, 0.29) is 6.04 Å². The number of nitrogens with two attached hydrogens (primary N) is 1. The molecular formula is C11H18N2S. The lowest BCUT2D eigenvalue weighted by Gasteiger charge is -2.15. The molecule has 0 saturated carbocycles. The highest BCUT2D eigenvalue weighted by atomic mass is 32.1. The van der Waals surface area contributed by atoms with Crippen LogP contribution in [-0.4, -0.2) is 4.98 Å². The number of fused-ring (bicyclic) bond motifs is 1. The molecule has 1 atom stereocenters. The number of hydrogen-bond donors (Lipinski definition) is 1. The molecule has 0 saturated heterocycles. The first kappa shape index (κ1) is 10.1. The van der Waals surface area contributed by atoms with E-state index in [1.54, 1.807) is 0 Å². The van der Waals surface area contributed by atoms with Crippen molar-refractivity contribution in [2.45, 2.75) is 45.6 Å². The number of aromatic nitrogens is 1. The summed E-state index contributed by atoms with van der Waals surface area (Å²) < 4.78 is 0. The van der Waals surface area contributed by atoms with Gasteiger partial charge in [0.1, 0.15) is 0 Å². The van der Waals surface area contributed by atoms with Crippen molar-refractivity contribution in [3.05, 3.63) is 15.6 Å². The lowest BCUT2D eigenvalue weighted by atomic mass is 9.99. The van der Waals surface area contributed by atoms with Crippen LogP contribution >= 0.6 is 11.3 Å². The Hall–Kier alpha value is -0.410. The fourth-order valence-electron chi connectivity index (χ4n) is 1.94. The normalized spacial score (nSPS) is 21.3. The van der Waals surface area contributed by atoms with Crippen molar-refractivity contribution >= 4 is 11.3 Å². The minimum absolute atomic E-state index is 0.205. The zero-order chi connectivity index (χ0) is 10.1. The van der Waals surface area contributed by atoms with E-state index in [1.807, 2.05) is 11.3 Å². The molecule has 2 rings (SSSR count). The highest BCUT2D eigenvalue weighted by Gasteiger charge is 2.21. The molecule has 1 unspecified atom stereocenters. The minimum atomic E-state index is 0.205. The van der Waals surface area contributed by atoms with Crippen molar-refractivity contribution in [1.82, 2.24) is 4.98 Å². The van der Waals surface area contributed by atoms with Crippen LogP contribution in [0.3, 0.4) is 0 Å². The predicted molar refractivity (Wildman–Crippen MR) is 60.5 cm³/mol. The largest absolute Gasteiger partial charge is 0.323 e. The molecule has 1 heterocycles. The quantitative estimate of drug-likeness (QED) is 0.815. The van der Waals surface area contributed by atoms with Crippen LogP contribution in [0.15, 0.2) is 0 Å². The summed E-state index contributed by atoms with van der Waals surface area (Å²) in [5, 5.41) is 1.28. The molecule has 1 aliphatic rings. The summed E-state index contributed by atoms with van der Waals surface area (Å²) in [5.74, 6) is 0.693. The second kappa shape index (κ2) is 3.99. The SMILES string of the molecule is CC(C)Cc1nc2c(s1)CCCC2N. The lowest BCUT2D eigenvalue weighted by molar-refractivity contribution is 0.559. The minimum Gasteiger partial charge on any atom is -0.323 e. The van der Waals surface area contributed by atoms with Crippen LogP contribution in [0.2, 0.25) is 0 Å². The van der Waals surface area contributed by atoms with Gasteiger partial charge in [0.25, 0.3) is 0 Å². The van der Waals surface area contributed by atoms with Crippen molar-refractivity contribution < 1.29 is 0 Å². The molecule has 1 aromatic heterocycles. The lowest BCUT2D eigenvalue weighted by Crippen LogP contribution is -2.16. The van der Waals surface area contributed by atoms with Gasteiger partial charge in [-0.2, -0.15) is 0 Å². The molecule has 0 bridgehead atoms. The summed E-state index contributed by atoms with van der Waals surface area (Å²) in [6, 6.07) is 0.205. The van der Waals surface area contributed by atoms with Crippen molar-refractivity contribution in [3.8, 4) is 0 Å². The van der Waals surface area contributed by atoms with Gasteiger partial charge in [-0.25, -0.2) is 4.98 Å². The summed E-state index contributed by atoms with van der Waals surface area (Å²) in [6.07, 6.45) is 4.64. The van der Waals surface area contributed by atoms with Crippen LogP contribution in [-0.2, 0) is 12.8 Å². The Labute approximate surface area is 89.5 Å². The molecule has 2 nitrogen and oxygen atoms in total. The first-order chi connectivity index (χ1) is 6.66. The molecule has 0 spiro atoms. The van der Waals surface area contributed by atoms with Gasteiger partial charge in [-0.15, -0.1) is 11.3 Å². The molecule has 0 fully saturated rings.